The number of hydrogen-bond acceptors (Lipinski definition) is 1. The Bertz CT molecular complexity index is 643. The lowest BCUT2D eigenvalue weighted by molar-refractivity contribution is 0.230. The van der Waals surface area contributed by atoms with E-state index in [2.05, 4.69) is 47.4 Å². The van der Waals surface area contributed by atoms with Crippen LogP contribution in [0.5, 0.6) is 0 Å². The Morgan fingerprint density at radius 1 is 1.00 bits per heavy atom. The fourth-order valence-electron chi connectivity index (χ4n) is 3.87. The zero-order chi connectivity index (χ0) is 13.5. The van der Waals surface area contributed by atoms with Crippen molar-refractivity contribution in [1.82, 2.24) is 4.90 Å². The molecule has 1 nitrogen and oxygen atoms in total. The SMILES string of the molecule is Br.Clc1cccc([C@@H]2CN3CCC[C@H]3c3ccccc32)c1. The lowest BCUT2D eigenvalue weighted by Gasteiger charge is -2.37. The highest BCUT2D eigenvalue weighted by Crippen LogP contribution is 2.44. The molecule has 0 aliphatic carbocycles. The van der Waals surface area contributed by atoms with E-state index < -0.39 is 0 Å². The largest absolute Gasteiger partial charge is 0.295 e. The van der Waals surface area contributed by atoms with E-state index in [1.54, 1.807) is 0 Å². The molecule has 0 amide bonds. The molecule has 2 aromatic rings. The summed E-state index contributed by atoms with van der Waals surface area (Å²) in [5, 5.41) is 0.837. The first kappa shape index (κ1) is 15.1. The van der Waals surface area contributed by atoms with Crippen LogP contribution in [0.3, 0.4) is 0 Å². The first-order valence-electron chi connectivity index (χ1n) is 7.41. The fraction of sp³-hybridized carbons (Fsp3) is 0.333. The molecule has 0 aromatic heterocycles. The van der Waals surface area contributed by atoms with Gasteiger partial charge in [-0.2, -0.15) is 0 Å². The van der Waals surface area contributed by atoms with Gasteiger partial charge in [0, 0.05) is 23.5 Å². The molecule has 2 aliphatic heterocycles. The van der Waals surface area contributed by atoms with Gasteiger partial charge >= 0.3 is 0 Å². The number of hydrogen-bond donors (Lipinski definition) is 0. The summed E-state index contributed by atoms with van der Waals surface area (Å²) in [4.78, 5) is 2.65. The summed E-state index contributed by atoms with van der Waals surface area (Å²) in [6.45, 7) is 2.36. The lowest BCUT2D eigenvalue weighted by Crippen LogP contribution is -2.34. The van der Waals surface area contributed by atoms with Crippen LogP contribution in [0.1, 0.15) is 41.5 Å². The summed E-state index contributed by atoms with van der Waals surface area (Å²) in [6, 6.07) is 18.0. The molecule has 1 saturated heterocycles. The summed E-state index contributed by atoms with van der Waals surface area (Å²) in [5.74, 6) is 0.458. The predicted octanol–water partition coefficient (Wildman–Crippen LogP) is 5.20. The van der Waals surface area contributed by atoms with Gasteiger partial charge in [-0.1, -0.05) is 48.0 Å². The molecule has 0 unspecified atom stereocenters. The van der Waals surface area contributed by atoms with Crippen LogP contribution in [0.15, 0.2) is 48.5 Å². The Labute approximate surface area is 141 Å². The van der Waals surface area contributed by atoms with Gasteiger partial charge in [-0.3, -0.25) is 4.90 Å². The molecular weight excluding hydrogens is 346 g/mol. The van der Waals surface area contributed by atoms with E-state index in [0.717, 1.165) is 11.6 Å². The van der Waals surface area contributed by atoms with Crippen molar-refractivity contribution in [2.24, 2.45) is 0 Å². The van der Waals surface area contributed by atoms with Crippen molar-refractivity contribution in [2.45, 2.75) is 24.8 Å². The number of rotatable bonds is 1. The van der Waals surface area contributed by atoms with Crippen LogP contribution >= 0.6 is 28.6 Å². The summed E-state index contributed by atoms with van der Waals surface area (Å²) in [7, 11) is 0. The third-order valence-electron chi connectivity index (χ3n) is 4.76. The van der Waals surface area contributed by atoms with E-state index in [-0.39, 0.29) is 17.0 Å². The Balaban J connectivity index is 0.00000132. The fourth-order valence-corrected chi connectivity index (χ4v) is 4.07. The Morgan fingerprint density at radius 3 is 2.62 bits per heavy atom. The van der Waals surface area contributed by atoms with E-state index in [0.29, 0.717) is 12.0 Å². The molecule has 2 aromatic carbocycles. The van der Waals surface area contributed by atoms with Gasteiger partial charge in [-0.15, -0.1) is 17.0 Å². The lowest BCUT2D eigenvalue weighted by atomic mass is 9.82. The monoisotopic (exact) mass is 363 g/mol. The van der Waals surface area contributed by atoms with Crippen LogP contribution in [0.2, 0.25) is 5.02 Å². The average molecular weight is 365 g/mol. The van der Waals surface area contributed by atoms with Crippen molar-refractivity contribution in [3.05, 3.63) is 70.2 Å². The zero-order valence-electron chi connectivity index (χ0n) is 11.8. The second-order valence-corrected chi connectivity index (χ2v) is 6.33. The molecule has 2 atom stereocenters. The van der Waals surface area contributed by atoms with Crippen LogP contribution < -0.4 is 0 Å². The molecule has 2 aliphatic rings. The quantitative estimate of drug-likeness (QED) is 0.672. The van der Waals surface area contributed by atoms with Crippen molar-refractivity contribution >= 4 is 28.6 Å². The highest BCUT2D eigenvalue weighted by molar-refractivity contribution is 8.93. The second-order valence-electron chi connectivity index (χ2n) is 5.89. The van der Waals surface area contributed by atoms with Crippen molar-refractivity contribution in [2.75, 3.05) is 13.1 Å². The maximum Gasteiger partial charge on any atom is 0.0408 e. The zero-order valence-corrected chi connectivity index (χ0v) is 14.3. The van der Waals surface area contributed by atoms with Gasteiger partial charge in [-0.25, -0.2) is 0 Å². The summed E-state index contributed by atoms with van der Waals surface area (Å²) in [5.41, 5.74) is 4.37. The van der Waals surface area contributed by atoms with E-state index >= 15 is 0 Å². The Hall–Kier alpha value is -0.830. The van der Waals surface area contributed by atoms with Gasteiger partial charge in [0.05, 0.1) is 0 Å². The van der Waals surface area contributed by atoms with Gasteiger partial charge in [-0.05, 0) is 48.2 Å². The standard InChI is InChI=1S/C18H18ClN.BrH/c19-14-6-3-5-13(11-14)17-12-20-10-4-9-18(20)16-8-2-1-7-15(16)17;/h1-3,5-8,11,17-18H,4,9-10,12H2;1H/t17-,18-;/m0./s1. The van der Waals surface area contributed by atoms with Crippen LogP contribution in [0.25, 0.3) is 0 Å². The van der Waals surface area contributed by atoms with Gasteiger partial charge in [0.1, 0.15) is 0 Å². The maximum atomic E-state index is 6.19. The minimum Gasteiger partial charge on any atom is -0.295 e. The first-order chi connectivity index (χ1) is 9.83. The molecule has 2 heterocycles. The van der Waals surface area contributed by atoms with Gasteiger partial charge in [0.2, 0.25) is 0 Å². The van der Waals surface area contributed by atoms with E-state index in [1.807, 2.05) is 6.07 Å². The number of benzene rings is 2. The number of halogens is 2. The molecule has 0 spiro atoms. The summed E-state index contributed by atoms with van der Waals surface area (Å²) in [6.07, 6.45) is 2.63. The van der Waals surface area contributed by atoms with Crippen LogP contribution in [-0.4, -0.2) is 18.0 Å². The minimum atomic E-state index is 0. The van der Waals surface area contributed by atoms with Crippen LogP contribution in [0.4, 0.5) is 0 Å². The predicted molar refractivity (Wildman–Crippen MR) is 93.6 cm³/mol. The maximum absolute atomic E-state index is 6.19. The highest BCUT2D eigenvalue weighted by Gasteiger charge is 2.36. The second kappa shape index (κ2) is 6.12. The number of nitrogens with zero attached hydrogens (tertiary/aromatic N) is 1. The summed E-state index contributed by atoms with van der Waals surface area (Å²) >= 11 is 6.19. The smallest absolute Gasteiger partial charge is 0.0408 e. The highest BCUT2D eigenvalue weighted by atomic mass is 79.9. The minimum absolute atomic E-state index is 0. The third kappa shape index (κ3) is 2.65. The van der Waals surface area contributed by atoms with Crippen LogP contribution in [-0.2, 0) is 0 Å². The number of fused-ring (bicyclic) bond motifs is 3. The van der Waals surface area contributed by atoms with E-state index in [1.165, 1.54) is 36.1 Å². The van der Waals surface area contributed by atoms with E-state index in [9.17, 15) is 0 Å². The molecule has 3 heteroatoms. The van der Waals surface area contributed by atoms with Gasteiger partial charge < -0.3 is 0 Å². The molecule has 0 radical (unpaired) electrons. The van der Waals surface area contributed by atoms with Crippen molar-refractivity contribution in [3.8, 4) is 0 Å². The third-order valence-corrected chi connectivity index (χ3v) is 5.00. The normalized spacial score (nSPS) is 24.0. The average Bonchev–Trinajstić information content (AvgIpc) is 2.95. The molecule has 110 valence electrons. The molecule has 0 bridgehead atoms. The topological polar surface area (TPSA) is 3.24 Å². The molecule has 1 fully saturated rings. The van der Waals surface area contributed by atoms with Gasteiger partial charge in [0.25, 0.3) is 0 Å². The Kier molecular flexibility index (Phi) is 4.39. The first-order valence-corrected chi connectivity index (χ1v) is 7.79. The van der Waals surface area contributed by atoms with Crippen molar-refractivity contribution < 1.29 is 0 Å². The van der Waals surface area contributed by atoms with Crippen molar-refractivity contribution in [1.29, 1.82) is 0 Å². The molecular formula is C18H19BrClN. The van der Waals surface area contributed by atoms with Crippen LogP contribution in [0, 0.1) is 0 Å². The Morgan fingerprint density at radius 2 is 1.81 bits per heavy atom. The molecule has 0 saturated carbocycles. The summed E-state index contributed by atoms with van der Waals surface area (Å²) < 4.78 is 0. The molecule has 0 N–H and O–H groups in total. The molecule has 4 rings (SSSR count). The van der Waals surface area contributed by atoms with Crippen molar-refractivity contribution in [3.63, 3.8) is 0 Å². The van der Waals surface area contributed by atoms with E-state index in [4.69, 9.17) is 11.6 Å². The van der Waals surface area contributed by atoms with Gasteiger partial charge in [0.15, 0.2) is 0 Å². The molecule has 21 heavy (non-hydrogen) atoms.